The first-order valence-electron chi connectivity index (χ1n) is 4.01. The Labute approximate surface area is 66.6 Å². The van der Waals surface area contributed by atoms with E-state index in [9.17, 15) is 0 Å². The first-order chi connectivity index (χ1) is 5.25. The van der Waals surface area contributed by atoms with Crippen molar-refractivity contribution in [3.8, 4) is 0 Å². The first kappa shape index (κ1) is 8.17. The summed E-state index contributed by atoms with van der Waals surface area (Å²) in [4.78, 5) is 0. The molecule has 1 aromatic heterocycles. The Hall–Kier alpha value is -0.930. The Morgan fingerprint density at radius 1 is 1.45 bits per heavy atom. The highest BCUT2D eigenvalue weighted by Crippen LogP contribution is 2.08. The molecule has 1 rings (SSSR count). The maximum Gasteiger partial charge on any atom is 0.153 e. The van der Waals surface area contributed by atoms with Crippen LogP contribution >= 0.6 is 0 Å². The van der Waals surface area contributed by atoms with Gasteiger partial charge in [-0.25, -0.2) is 4.68 Å². The lowest BCUT2D eigenvalue weighted by Gasteiger charge is -2.03. The van der Waals surface area contributed by atoms with Crippen molar-refractivity contribution in [2.75, 3.05) is 0 Å². The van der Waals surface area contributed by atoms with Crippen LogP contribution in [0.2, 0.25) is 0 Å². The van der Waals surface area contributed by atoms with Crippen molar-refractivity contribution in [3.05, 3.63) is 5.82 Å². The minimum Gasteiger partial charge on any atom is -0.229 e. The average molecular weight is 154 g/mol. The van der Waals surface area contributed by atoms with Gasteiger partial charge in [-0.15, -0.1) is 5.10 Å². The molecule has 11 heavy (non-hydrogen) atoms. The topological polar surface area (TPSA) is 43.6 Å². The number of tetrazole rings is 1. The fourth-order valence-corrected chi connectivity index (χ4v) is 0.996. The molecule has 0 saturated heterocycles. The van der Waals surface area contributed by atoms with Gasteiger partial charge in [-0.3, -0.25) is 0 Å². The molecular formula is C7H14N4. The number of hydrogen-bond donors (Lipinski definition) is 0. The van der Waals surface area contributed by atoms with Gasteiger partial charge in [0.05, 0.1) is 0 Å². The van der Waals surface area contributed by atoms with Gasteiger partial charge < -0.3 is 0 Å². The highest BCUT2D eigenvalue weighted by atomic mass is 15.5. The third-order valence-electron chi connectivity index (χ3n) is 1.51. The molecule has 0 fully saturated rings. The summed E-state index contributed by atoms with van der Waals surface area (Å²) in [7, 11) is 0. The first-order valence-corrected chi connectivity index (χ1v) is 4.01. The Morgan fingerprint density at radius 3 is 2.73 bits per heavy atom. The fourth-order valence-electron chi connectivity index (χ4n) is 0.996. The van der Waals surface area contributed by atoms with Crippen molar-refractivity contribution in [2.45, 2.75) is 39.7 Å². The van der Waals surface area contributed by atoms with E-state index in [4.69, 9.17) is 0 Å². The zero-order valence-electron chi connectivity index (χ0n) is 7.28. The summed E-state index contributed by atoms with van der Waals surface area (Å²) in [5, 5.41) is 11.4. The quantitative estimate of drug-likeness (QED) is 0.657. The van der Waals surface area contributed by atoms with Crippen LogP contribution < -0.4 is 0 Å². The predicted molar refractivity (Wildman–Crippen MR) is 42.2 cm³/mol. The second-order valence-electron chi connectivity index (χ2n) is 2.91. The van der Waals surface area contributed by atoms with Crippen molar-refractivity contribution in [1.29, 1.82) is 0 Å². The summed E-state index contributed by atoms with van der Waals surface area (Å²) in [5.41, 5.74) is 0. The number of rotatable bonds is 3. The Balaban J connectivity index is 2.78. The van der Waals surface area contributed by atoms with Gasteiger partial charge in [0.15, 0.2) is 5.82 Å². The molecule has 0 atom stereocenters. The molecule has 1 heterocycles. The molecule has 0 spiro atoms. The van der Waals surface area contributed by atoms with Gasteiger partial charge in [-0.2, -0.15) is 0 Å². The summed E-state index contributed by atoms with van der Waals surface area (Å²) < 4.78 is 1.87. The van der Waals surface area contributed by atoms with Crippen LogP contribution in [0.3, 0.4) is 0 Å². The molecule has 0 saturated carbocycles. The van der Waals surface area contributed by atoms with Crippen LogP contribution in [0, 0.1) is 0 Å². The lowest BCUT2D eigenvalue weighted by molar-refractivity contribution is 0.540. The highest BCUT2D eigenvalue weighted by molar-refractivity contribution is 4.87. The van der Waals surface area contributed by atoms with Crippen LogP contribution in [-0.4, -0.2) is 20.2 Å². The van der Waals surface area contributed by atoms with E-state index in [1.165, 1.54) is 0 Å². The fraction of sp³-hybridized carbons (Fsp3) is 0.857. The molecule has 4 nitrogen and oxygen atoms in total. The molecule has 0 amide bonds. The summed E-state index contributed by atoms with van der Waals surface area (Å²) in [6, 6.07) is 0. The van der Waals surface area contributed by atoms with Crippen LogP contribution in [0.25, 0.3) is 0 Å². The van der Waals surface area contributed by atoms with Crippen molar-refractivity contribution >= 4 is 0 Å². The van der Waals surface area contributed by atoms with Crippen LogP contribution in [0.5, 0.6) is 0 Å². The van der Waals surface area contributed by atoms with E-state index in [1.807, 2.05) is 4.68 Å². The minimum absolute atomic E-state index is 0.413. The van der Waals surface area contributed by atoms with Gasteiger partial charge in [0, 0.05) is 12.5 Å². The normalized spacial score (nSPS) is 10.9. The molecule has 0 unspecified atom stereocenters. The SMILES string of the molecule is CCCn1nnnc1C(C)C. The molecule has 4 heteroatoms. The van der Waals surface area contributed by atoms with Crippen LogP contribution in [0.4, 0.5) is 0 Å². The smallest absolute Gasteiger partial charge is 0.153 e. The van der Waals surface area contributed by atoms with Gasteiger partial charge in [0.25, 0.3) is 0 Å². The van der Waals surface area contributed by atoms with Crippen LogP contribution in [0.1, 0.15) is 38.9 Å². The molecule has 0 aliphatic rings. The number of hydrogen-bond acceptors (Lipinski definition) is 3. The third-order valence-corrected chi connectivity index (χ3v) is 1.51. The Bertz CT molecular complexity index is 216. The van der Waals surface area contributed by atoms with E-state index < -0.39 is 0 Å². The lowest BCUT2D eigenvalue weighted by Crippen LogP contribution is -2.06. The summed E-state index contributed by atoms with van der Waals surface area (Å²) >= 11 is 0. The van der Waals surface area contributed by atoms with Gasteiger partial charge in [-0.05, 0) is 16.8 Å². The van der Waals surface area contributed by atoms with Gasteiger partial charge in [0.1, 0.15) is 0 Å². The monoisotopic (exact) mass is 154 g/mol. The van der Waals surface area contributed by atoms with Crippen molar-refractivity contribution in [1.82, 2.24) is 20.2 Å². The molecule has 0 radical (unpaired) electrons. The Kier molecular flexibility index (Phi) is 2.57. The second kappa shape index (κ2) is 3.46. The molecule has 1 aromatic rings. The average Bonchev–Trinajstić information content (AvgIpc) is 2.36. The highest BCUT2D eigenvalue weighted by Gasteiger charge is 2.07. The van der Waals surface area contributed by atoms with Gasteiger partial charge in [0.2, 0.25) is 0 Å². The third kappa shape index (κ3) is 1.76. The standard InChI is InChI=1S/C7H14N4/c1-4-5-11-7(6(2)3)8-9-10-11/h6H,4-5H2,1-3H3. The second-order valence-corrected chi connectivity index (χ2v) is 2.91. The predicted octanol–water partition coefficient (Wildman–Crippen LogP) is 1.21. The maximum atomic E-state index is 3.94. The molecule has 0 N–H and O–H groups in total. The number of nitrogens with zero attached hydrogens (tertiary/aromatic N) is 4. The van der Waals surface area contributed by atoms with Crippen molar-refractivity contribution in [3.63, 3.8) is 0 Å². The van der Waals surface area contributed by atoms with Crippen LogP contribution in [-0.2, 0) is 6.54 Å². The van der Waals surface area contributed by atoms with Crippen LogP contribution in [0.15, 0.2) is 0 Å². The lowest BCUT2D eigenvalue weighted by atomic mass is 10.2. The van der Waals surface area contributed by atoms with Gasteiger partial charge in [-0.1, -0.05) is 20.8 Å². The molecule has 0 aromatic carbocycles. The molecule has 62 valence electrons. The minimum atomic E-state index is 0.413. The van der Waals surface area contributed by atoms with E-state index in [0.717, 1.165) is 18.8 Å². The van der Waals surface area contributed by atoms with E-state index in [0.29, 0.717) is 5.92 Å². The van der Waals surface area contributed by atoms with Gasteiger partial charge >= 0.3 is 0 Å². The summed E-state index contributed by atoms with van der Waals surface area (Å²) in [6.07, 6.45) is 1.07. The zero-order valence-corrected chi connectivity index (χ0v) is 7.28. The van der Waals surface area contributed by atoms with Crippen molar-refractivity contribution < 1.29 is 0 Å². The largest absolute Gasteiger partial charge is 0.229 e. The van der Waals surface area contributed by atoms with E-state index >= 15 is 0 Å². The summed E-state index contributed by atoms with van der Waals surface area (Å²) in [6.45, 7) is 7.22. The molecule has 0 aliphatic carbocycles. The molecule has 0 bridgehead atoms. The maximum absolute atomic E-state index is 3.94. The van der Waals surface area contributed by atoms with E-state index in [-0.39, 0.29) is 0 Å². The van der Waals surface area contributed by atoms with E-state index in [1.54, 1.807) is 0 Å². The molecular weight excluding hydrogens is 140 g/mol. The number of aryl methyl sites for hydroxylation is 1. The molecule has 0 aliphatic heterocycles. The van der Waals surface area contributed by atoms with Crippen molar-refractivity contribution in [2.24, 2.45) is 0 Å². The zero-order chi connectivity index (χ0) is 8.27. The Morgan fingerprint density at radius 2 is 2.18 bits per heavy atom. The summed E-state index contributed by atoms with van der Waals surface area (Å²) in [5.74, 6) is 1.39. The van der Waals surface area contributed by atoms with E-state index in [2.05, 4.69) is 36.3 Å². The number of aromatic nitrogens is 4.